The molecule has 0 N–H and O–H groups in total. The first kappa shape index (κ1) is 20.5. The Morgan fingerprint density at radius 1 is 0.792 bits per heavy atom. The number of nitrogens with zero attached hydrogens (tertiary/aromatic N) is 7. The van der Waals surface area contributed by atoms with Gasteiger partial charge < -0.3 is 0 Å². The van der Waals surface area contributed by atoms with Gasteiger partial charge in [0.2, 0.25) is 11.3 Å². The van der Waals surface area contributed by atoms with Crippen LogP contribution in [0.25, 0.3) is 0 Å². The van der Waals surface area contributed by atoms with Gasteiger partial charge in [0, 0.05) is 13.1 Å². The molecular formula is C7H11F8N7O2. The summed E-state index contributed by atoms with van der Waals surface area (Å²) < 4.78 is 104. The van der Waals surface area contributed by atoms with E-state index in [2.05, 4.69) is 0 Å². The lowest BCUT2D eigenvalue weighted by molar-refractivity contribution is -0.669. The Hall–Kier alpha value is -1.56. The van der Waals surface area contributed by atoms with Gasteiger partial charge in [-0.15, -0.1) is 5.01 Å². The van der Waals surface area contributed by atoms with Crippen LogP contribution in [-0.2, 0) is 0 Å². The van der Waals surface area contributed by atoms with Crippen molar-refractivity contribution in [2.24, 2.45) is 0 Å². The molecular weight excluding hydrogens is 366 g/mol. The van der Waals surface area contributed by atoms with E-state index in [1.54, 1.807) is 0 Å². The number of halogens is 8. The van der Waals surface area contributed by atoms with E-state index in [1.165, 1.54) is 0 Å². The van der Waals surface area contributed by atoms with Crippen LogP contribution >= 0.6 is 0 Å². The summed E-state index contributed by atoms with van der Waals surface area (Å²) in [5.74, 6) is 0. The number of likely N-dealkylation sites (N-methyl/N-ethyl adjacent to an activating group) is 1. The summed E-state index contributed by atoms with van der Waals surface area (Å²) in [7, 11) is 0.755. The van der Waals surface area contributed by atoms with E-state index in [0.717, 1.165) is 7.05 Å². The van der Waals surface area contributed by atoms with Gasteiger partial charge in [0.05, 0.1) is 21.4 Å². The average molecular weight is 377 g/mol. The Morgan fingerprint density at radius 3 is 1.29 bits per heavy atom. The van der Waals surface area contributed by atoms with Crippen molar-refractivity contribution in [2.75, 3.05) is 33.2 Å². The van der Waals surface area contributed by atoms with Gasteiger partial charge in [0.15, 0.2) is 5.03 Å². The normalized spacial score (nSPS) is 22.3. The summed E-state index contributed by atoms with van der Waals surface area (Å²) in [6.45, 7) is -6.59. The Bertz CT molecular complexity index is 406. The molecule has 1 saturated heterocycles. The molecule has 0 aromatic rings. The van der Waals surface area contributed by atoms with Crippen LogP contribution in [0.4, 0.5) is 35.9 Å². The molecule has 0 spiro atoms. The third kappa shape index (κ3) is 3.58. The highest BCUT2D eigenvalue weighted by Gasteiger charge is 2.59. The van der Waals surface area contributed by atoms with Gasteiger partial charge in [0.1, 0.15) is 13.1 Å². The summed E-state index contributed by atoms with van der Waals surface area (Å²) in [6, 6.07) is 0. The van der Waals surface area contributed by atoms with Crippen molar-refractivity contribution in [1.82, 2.24) is 31.3 Å². The first-order chi connectivity index (χ1) is 10.9. The zero-order valence-corrected chi connectivity index (χ0v) is 11.8. The summed E-state index contributed by atoms with van der Waals surface area (Å²) in [5.41, 5.74) is -7.19. The van der Waals surface area contributed by atoms with E-state index < -0.39 is 68.9 Å². The molecule has 0 aromatic carbocycles. The van der Waals surface area contributed by atoms with Gasteiger partial charge in [-0.3, -0.25) is 4.90 Å². The first-order valence-corrected chi connectivity index (χ1v) is 5.94. The molecule has 0 atom stereocenters. The fraction of sp³-hybridized carbons (Fsp3) is 1.00. The number of hydrogen-bond acceptors (Lipinski definition) is 7. The van der Waals surface area contributed by atoms with Crippen molar-refractivity contribution in [3.8, 4) is 0 Å². The molecule has 0 saturated carbocycles. The Balaban J connectivity index is 3.38. The van der Waals surface area contributed by atoms with Gasteiger partial charge in [-0.05, 0) is 7.05 Å². The van der Waals surface area contributed by atoms with Crippen LogP contribution in [-0.4, -0.2) is 80.9 Å². The summed E-state index contributed by atoms with van der Waals surface area (Å²) >= 11 is 0. The predicted molar refractivity (Wildman–Crippen MR) is 57.7 cm³/mol. The summed E-state index contributed by atoms with van der Waals surface area (Å²) in [5, 5.41) is 0.517. The molecule has 17 heteroatoms. The van der Waals surface area contributed by atoms with Crippen molar-refractivity contribution in [1.29, 1.82) is 0 Å². The van der Waals surface area contributed by atoms with Gasteiger partial charge in [-0.2, -0.15) is 0 Å². The van der Waals surface area contributed by atoms with E-state index in [0.29, 0.717) is 4.90 Å². The molecule has 0 amide bonds. The highest BCUT2D eigenvalue weighted by atomic mass is 19.4. The van der Waals surface area contributed by atoms with E-state index >= 15 is 0 Å². The molecule has 0 bridgehead atoms. The lowest BCUT2D eigenvalue weighted by Crippen LogP contribution is -2.71. The second kappa shape index (κ2) is 7.13. The van der Waals surface area contributed by atoms with Crippen molar-refractivity contribution in [3.05, 3.63) is 10.1 Å². The van der Waals surface area contributed by atoms with E-state index in [1.807, 2.05) is 0 Å². The molecule has 1 aliphatic rings. The highest BCUT2D eigenvalue weighted by Crippen LogP contribution is 2.33. The second-order valence-electron chi connectivity index (χ2n) is 5.13. The van der Waals surface area contributed by atoms with Gasteiger partial charge in [0.25, 0.3) is 0 Å². The fourth-order valence-electron chi connectivity index (χ4n) is 2.32. The van der Waals surface area contributed by atoms with Crippen molar-refractivity contribution in [2.45, 2.75) is 11.3 Å². The SMILES string of the molecule is CN1CC(N(F)F)(N(F)F)CN([N+](=O)[O-])CC(N(F)F)(N(F)F)C1. The number of hydrazine groups is 1. The lowest BCUT2D eigenvalue weighted by atomic mass is 10.0. The topological polar surface area (TPSA) is 62.6 Å². The molecule has 0 radical (unpaired) electrons. The Kier molecular flexibility index (Phi) is 6.09. The maximum absolute atomic E-state index is 13.0. The maximum Gasteiger partial charge on any atom is 0.231 e. The highest BCUT2D eigenvalue weighted by molar-refractivity contribution is 4.93. The molecule has 0 aromatic heterocycles. The molecule has 24 heavy (non-hydrogen) atoms. The molecule has 1 rings (SSSR count). The molecule has 1 aliphatic heterocycles. The van der Waals surface area contributed by atoms with Crippen LogP contribution < -0.4 is 0 Å². The Labute approximate surface area is 128 Å². The average Bonchev–Trinajstić information content (AvgIpc) is 2.40. The zero-order chi connectivity index (χ0) is 18.9. The van der Waals surface area contributed by atoms with E-state index in [4.69, 9.17) is 0 Å². The van der Waals surface area contributed by atoms with Crippen molar-refractivity contribution in [3.63, 3.8) is 0 Å². The van der Waals surface area contributed by atoms with Gasteiger partial charge in [-0.1, -0.05) is 35.9 Å². The molecule has 1 heterocycles. The van der Waals surface area contributed by atoms with Gasteiger partial charge in [-0.25, -0.2) is 10.1 Å². The number of rotatable bonds is 5. The maximum atomic E-state index is 13.0. The second-order valence-corrected chi connectivity index (χ2v) is 5.13. The molecule has 9 nitrogen and oxygen atoms in total. The predicted octanol–water partition coefficient (Wildman–Crippen LogP) is 1.10. The van der Waals surface area contributed by atoms with Crippen LogP contribution in [0.2, 0.25) is 0 Å². The van der Waals surface area contributed by atoms with Crippen LogP contribution in [0.5, 0.6) is 0 Å². The van der Waals surface area contributed by atoms with Crippen LogP contribution in [0.15, 0.2) is 0 Å². The largest absolute Gasteiger partial charge is 0.299 e. The minimum atomic E-state index is -3.59. The summed E-state index contributed by atoms with van der Waals surface area (Å²) in [4.78, 5) is 11.2. The van der Waals surface area contributed by atoms with Crippen LogP contribution in [0.3, 0.4) is 0 Å². The Morgan fingerprint density at radius 2 is 1.08 bits per heavy atom. The van der Waals surface area contributed by atoms with Crippen LogP contribution in [0.1, 0.15) is 0 Å². The smallest absolute Gasteiger partial charge is 0.231 e. The monoisotopic (exact) mass is 377 g/mol. The van der Waals surface area contributed by atoms with Gasteiger partial charge >= 0.3 is 0 Å². The number of nitro groups is 1. The summed E-state index contributed by atoms with van der Waals surface area (Å²) in [6.07, 6.45) is 0. The molecule has 0 unspecified atom stereocenters. The van der Waals surface area contributed by atoms with Crippen molar-refractivity contribution >= 4 is 0 Å². The zero-order valence-electron chi connectivity index (χ0n) is 11.8. The van der Waals surface area contributed by atoms with E-state index in [9.17, 15) is 46.0 Å². The number of hydrogen-bond donors (Lipinski definition) is 0. The molecule has 0 aliphatic carbocycles. The van der Waals surface area contributed by atoms with Crippen molar-refractivity contribution < 1.29 is 40.9 Å². The fourth-order valence-corrected chi connectivity index (χ4v) is 2.32. The molecule has 142 valence electrons. The minimum absolute atomic E-state index is 0.355. The van der Waals surface area contributed by atoms with E-state index in [-0.39, 0.29) is 0 Å². The standard InChI is InChI=1S/C7H11F8N7O2/c1-16-2-6(18(8)9,19(10)11)4-17(22(23)24)5-7(3-16,20(12)13)21(14)15/h2-5H2,1H3. The first-order valence-electron chi connectivity index (χ1n) is 5.94. The third-order valence-electron chi connectivity index (χ3n) is 3.41. The molecule has 1 fully saturated rings. The lowest BCUT2D eigenvalue weighted by Gasteiger charge is -2.44. The van der Waals surface area contributed by atoms with Crippen LogP contribution in [0, 0.1) is 10.1 Å². The third-order valence-corrected chi connectivity index (χ3v) is 3.41. The minimum Gasteiger partial charge on any atom is -0.299 e. The quantitative estimate of drug-likeness (QED) is 0.232.